The van der Waals surface area contributed by atoms with Crippen molar-refractivity contribution in [3.05, 3.63) is 42.7 Å². The molecule has 0 bridgehead atoms. The Morgan fingerprint density at radius 3 is 2.84 bits per heavy atom. The Hall–Kier alpha value is -2.10. The second-order valence-corrected chi connectivity index (χ2v) is 7.01. The Morgan fingerprint density at radius 2 is 2.04 bits per heavy atom. The molecule has 1 aliphatic heterocycles. The van der Waals surface area contributed by atoms with E-state index in [4.69, 9.17) is 4.98 Å². The molecule has 2 aromatic rings. The fraction of sp³-hybridized carbons (Fsp3) is 0.524. The summed E-state index contributed by atoms with van der Waals surface area (Å²) >= 11 is 0. The van der Waals surface area contributed by atoms with Gasteiger partial charge in [-0.3, -0.25) is 4.79 Å². The van der Waals surface area contributed by atoms with Crippen LogP contribution in [0.3, 0.4) is 0 Å². The zero-order valence-electron chi connectivity index (χ0n) is 15.3. The minimum absolute atomic E-state index is 0.190. The fourth-order valence-corrected chi connectivity index (χ4v) is 3.79. The fourth-order valence-electron chi connectivity index (χ4n) is 3.79. The summed E-state index contributed by atoms with van der Waals surface area (Å²) in [5.41, 5.74) is 2.24. The number of imidazole rings is 1. The summed E-state index contributed by atoms with van der Waals surface area (Å²) in [6.45, 7) is 8.38. The van der Waals surface area contributed by atoms with E-state index in [1.807, 2.05) is 11.0 Å². The number of para-hydroxylation sites is 2. The Morgan fingerprint density at radius 1 is 1.24 bits per heavy atom. The predicted molar refractivity (Wildman–Crippen MR) is 103 cm³/mol. The molecule has 25 heavy (non-hydrogen) atoms. The van der Waals surface area contributed by atoms with E-state index in [2.05, 4.69) is 36.3 Å². The maximum absolute atomic E-state index is 12.2. The van der Waals surface area contributed by atoms with Gasteiger partial charge in [0.25, 0.3) is 0 Å². The molecular formula is C21H29N3O. The first-order valence-electron chi connectivity index (χ1n) is 9.58. The van der Waals surface area contributed by atoms with Crippen molar-refractivity contribution in [2.75, 3.05) is 13.1 Å². The van der Waals surface area contributed by atoms with Gasteiger partial charge in [0.2, 0.25) is 5.91 Å². The molecule has 1 aliphatic rings. The Kier molecular flexibility index (Phi) is 5.90. The third kappa shape index (κ3) is 3.94. The summed E-state index contributed by atoms with van der Waals surface area (Å²) in [4.78, 5) is 19.0. The number of carbonyl (C=O) groups is 1. The number of carbonyl (C=O) groups excluding carboxylic acids is 1. The molecule has 0 aliphatic carbocycles. The van der Waals surface area contributed by atoms with E-state index in [9.17, 15) is 4.79 Å². The Balaban J connectivity index is 1.80. The molecule has 1 saturated heterocycles. The van der Waals surface area contributed by atoms with Gasteiger partial charge >= 0.3 is 0 Å². The van der Waals surface area contributed by atoms with Crippen LogP contribution < -0.4 is 0 Å². The van der Waals surface area contributed by atoms with Gasteiger partial charge in [-0.2, -0.15) is 0 Å². The molecule has 4 nitrogen and oxygen atoms in total. The van der Waals surface area contributed by atoms with Crippen molar-refractivity contribution >= 4 is 16.9 Å². The lowest BCUT2D eigenvalue weighted by atomic mass is 10.1. The van der Waals surface area contributed by atoms with E-state index in [0.717, 1.165) is 24.4 Å². The summed E-state index contributed by atoms with van der Waals surface area (Å²) in [6.07, 6.45) is 8.67. The van der Waals surface area contributed by atoms with Crippen molar-refractivity contribution in [1.29, 1.82) is 0 Å². The van der Waals surface area contributed by atoms with Crippen molar-refractivity contribution in [1.82, 2.24) is 14.5 Å². The summed E-state index contributed by atoms with van der Waals surface area (Å²) in [5, 5.41) is 0. The Labute approximate surface area is 150 Å². The van der Waals surface area contributed by atoms with Gasteiger partial charge in [0, 0.05) is 32.0 Å². The van der Waals surface area contributed by atoms with Gasteiger partial charge < -0.3 is 9.47 Å². The van der Waals surface area contributed by atoms with Gasteiger partial charge in [-0.1, -0.05) is 50.8 Å². The molecule has 4 heteroatoms. The van der Waals surface area contributed by atoms with E-state index < -0.39 is 0 Å². The summed E-state index contributed by atoms with van der Waals surface area (Å²) in [5.74, 6) is 1.48. The van der Waals surface area contributed by atoms with E-state index >= 15 is 0 Å². The molecule has 0 spiro atoms. The lowest BCUT2D eigenvalue weighted by Gasteiger charge is -2.15. The number of rotatable bonds is 9. The SMILES string of the molecule is C=CCN1CC(c2nc3ccccc3n2CCCCCCC)CC1=O. The number of hydrogen-bond donors (Lipinski definition) is 0. The summed E-state index contributed by atoms with van der Waals surface area (Å²) in [7, 11) is 0. The molecule has 1 aromatic heterocycles. The molecule has 1 atom stereocenters. The highest BCUT2D eigenvalue weighted by atomic mass is 16.2. The number of fused-ring (bicyclic) bond motifs is 1. The van der Waals surface area contributed by atoms with Gasteiger partial charge in [-0.15, -0.1) is 6.58 Å². The zero-order chi connectivity index (χ0) is 17.6. The third-order valence-corrected chi connectivity index (χ3v) is 5.10. The number of aromatic nitrogens is 2. The minimum atomic E-state index is 0.190. The van der Waals surface area contributed by atoms with Crippen molar-refractivity contribution < 1.29 is 4.79 Å². The topological polar surface area (TPSA) is 38.1 Å². The highest BCUT2D eigenvalue weighted by molar-refractivity contribution is 5.81. The quantitative estimate of drug-likeness (QED) is 0.498. The lowest BCUT2D eigenvalue weighted by Crippen LogP contribution is -2.25. The van der Waals surface area contributed by atoms with Gasteiger partial charge in [-0.25, -0.2) is 4.98 Å². The molecule has 0 radical (unpaired) electrons. The van der Waals surface area contributed by atoms with E-state index in [0.29, 0.717) is 13.0 Å². The Bertz CT molecular complexity index is 734. The highest BCUT2D eigenvalue weighted by Crippen LogP contribution is 2.30. The van der Waals surface area contributed by atoms with Crippen LogP contribution in [0.1, 0.15) is 57.2 Å². The van der Waals surface area contributed by atoms with Crippen molar-refractivity contribution in [3.63, 3.8) is 0 Å². The molecule has 1 unspecified atom stereocenters. The largest absolute Gasteiger partial charge is 0.338 e. The average Bonchev–Trinajstić information content (AvgIpc) is 3.16. The standard InChI is InChI=1S/C21H29N3O/c1-3-5-6-7-10-14-24-19-12-9-8-11-18(19)22-21(24)17-15-20(25)23(16-17)13-4-2/h4,8-9,11-12,17H,2-3,5-7,10,13-16H2,1H3. The van der Waals surface area contributed by atoms with Crippen LogP contribution in [0.25, 0.3) is 11.0 Å². The first-order valence-corrected chi connectivity index (χ1v) is 9.58. The average molecular weight is 339 g/mol. The van der Waals surface area contributed by atoms with Crippen molar-refractivity contribution in [3.8, 4) is 0 Å². The van der Waals surface area contributed by atoms with Crippen molar-refractivity contribution in [2.24, 2.45) is 0 Å². The van der Waals surface area contributed by atoms with Crippen LogP contribution in [-0.4, -0.2) is 33.4 Å². The van der Waals surface area contributed by atoms with Crippen LogP contribution in [0.2, 0.25) is 0 Å². The molecule has 1 fully saturated rings. The smallest absolute Gasteiger partial charge is 0.223 e. The van der Waals surface area contributed by atoms with Gasteiger partial charge in [0.1, 0.15) is 5.82 Å². The molecule has 0 N–H and O–H groups in total. The summed E-state index contributed by atoms with van der Waals surface area (Å²) < 4.78 is 2.36. The van der Waals surface area contributed by atoms with Crippen LogP contribution in [-0.2, 0) is 11.3 Å². The number of likely N-dealkylation sites (tertiary alicyclic amines) is 1. The number of hydrogen-bond acceptors (Lipinski definition) is 2. The minimum Gasteiger partial charge on any atom is -0.338 e. The summed E-state index contributed by atoms with van der Waals surface area (Å²) in [6, 6.07) is 8.33. The third-order valence-electron chi connectivity index (χ3n) is 5.10. The monoisotopic (exact) mass is 339 g/mol. The maximum Gasteiger partial charge on any atom is 0.223 e. The number of unbranched alkanes of at least 4 members (excludes halogenated alkanes) is 4. The van der Waals surface area contributed by atoms with E-state index in [1.165, 1.54) is 37.6 Å². The molecule has 0 saturated carbocycles. The van der Waals surface area contributed by atoms with Crippen LogP contribution in [0.5, 0.6) is 0 Å². The second-order valence-electron chi connectivity index (χ2n) is 7.01. The van der Waals surface area contributed by atoms with E-state index in [1.54, 1.807) is 6.08 Å². The number of nitrogens with zero attached hydrogens (tertiary/aromatic N) is 3. The van der Waals surface area contributed by atoms with Crippen molar-refractivity contribution in [2.45, 2.75) is 57.9 Å². The number of benzene rings is 1. The van der Waals surface area contributed by atoms with Crippen LogP contribution in [0.4, 0.5) is 0 Å². The molecule has 134 valence electrons. The van der Waals surface area contributed by atoms with Crippen LogP contribution in [0.15, 0.2) is 36.9 Å². The molecule has 3 rings (SSSR count). The normalized spacial score (nSPS) is 17.6. The maximum atomic E-state index is 12.2. The molecular weight excluding hydrogens is 310 g/mol. The van der Waals surface area contributed by atoms with Gasteiger partial charge in [0.15, 0.2) is 0 Å². The van der Waals surface area contributed by atoms with Crippen LogP contribution >= 0.6 is 0 Å². The second kappa shape index (κ2) is 8.32. The first kappa shape index (κ1) is 17.7. The van der Waals surface area contributed by atoms with E-state index in [-0.39, 0.29) is 11.8 Å². The van der Waals surface area contributed by atoms with Gasteiger partial charge in [-0.05, 0) is 18.6 Å². The lowest BCUT2D eigenvalue weighted by molar-refractivity contribution is -0.127. The molecule has 1 amide bonds. The first-order chi connectivity index (χ1) is 12.2. The number of amides is 1. The predicted octanol–water partition coefficient (Wildman–Crippen LogP) is 4.51. The molecule has 2 heterocycles. The highest BCUT2D eigenvalue weighted by Gasteiger charge is 2.33. The molecule has 1 aromatic carbocycles. The number of aryl methyl sites for hydroxylation is 1. The van der Waals surface area contributed by atoms with Crippen LogP contribution in [0, 0.1) is 0 Å². The van der Waals surface area contributed by atoms with Gasteiger partial charge in [0.05, 0.1) is 11.0 Å². The zero-order valence-corrected chi connectivity index (χ0v) is 15.3.